The summed E-state index contributed by atoms with van der Waals surface area (Å²) in [6.07, 6.45) is 3.21. The Balaban J connectivity index is 2.35. The number of H-pyrrole nitrogens is 1. The van der Waals surface area contributed by atoms with Gasteiger partial charge in [-0.25, -0.2) is 13.4 Å². The molecule has 20 heavy (non-hydrogen) atoms. The van der Waals surface area contributed by atoms with E-state index >= 15 is 0 Å². The number of anilines is 1. The number of nitrogens with one attached hydrogen (secondary N) is 1. The lowest BCUT2D eigenvalue weighted by atomic mass is 10.2. The molecule has 1 heterocycles. The number of nitrogen functional groups attached to an aromatic ring is 1. The number of hydrogen-bond acceptors (Lipinski definition) is 4. The highest BCUT2D eigenvalue weighted by atomic mass is 35.5. The summed E-state index contributed by atoms with van der Waals surface area (Å²) in [4.78, 5) is 6.98. The molecule has 3 N–H and O–H groups in total. The molecular formula is C12H15ClN4O2S. The van der Waals surface area contributed by atoms with Gasteiger partial charge in [0.15, 0.2) is 0 Å². The number of aryl methyl sites for hydroxylation is 1. The van der Waals surface area contributed by atoms with Crippen LogP contribution in [0.3, 0.4) is 0 Å². The second-order valence-corrected chi connectivity index (χ2v) is 6.86. The van der Waals surface area contributed by atoms with Crippen LogP contribution in [0.2, 0.25) is 5.02 Å². The van der Waals surface area contributed by atoms with E-state index in [9.17, 15) is 8.42 Å². The minimum absolute atomic E-state index is 0.117. The van der Waals surface area contributed by atoms with Crippen molar-refractivity contribution in [3.05, 3.63) is 40.9 Å². The lowest BCUT2D eigenvalue weighted by Crippen LogP contribution is -2.27. The van der Waals surface area contributed by atoms with E-state index < -0.39 is 10.0 Å². The van der Waals surface area contributed by atoms with Crippen molar-refractivity contribution in [2.75, 3.05) is 12.8 Å². The van der Waals surface area contributed by atoms with Gasteiger partial charge in [0, 0.05) is 19.4 Å². The largest absolute Gasteiger partial charge is 0.397 e. The van der Waals surface area contributed by atoms with Gasteiger partial charge in [-0.1, -0.05) is 11.6 Å². The fraction of sp³-hybridized carbons (Fsp3) is 0.250. The molecule has 1 aromatic heterocycles. The van der Waals surface area contributed by atoms with Crippen LogP contribution < -0.4 is 5.73 Å². The zero-order valence-electron chi connectivity index (χ0n) is 11.1. The third-order valence-corrected chi connectivity index (χ3v) is 5.19. The number of aromatic amines is 1. The molecule has 0 spiro atoms. The maximum atomic E-state index is 12.5. The van der Waals surface area contributed by atoms with Crippen LogP contribution in [0, 0.1) is 6.92 Å². The van der Waals surface area contributed by atoms with Crippen LogP contribution >= 0.6 is 11.6 Å². The standard InChI is InChI=1S/C12H15ClN4O2S/c1-8-5-9(6-10(14)12(8)13)20(18,19)17(2)7-11-15-3-4-16-11/h3-6H,7,14H2,1-2H3,(H,15,16). The van der Waals surface area contributed by atoms with Gasteiger partial charge in [-0.05, 0) is 24.6 Å². The van der Waals surface area contributed by atoms with Gasteiger partial charge in [0.1, 0.15) is 5.82 Å². The van der Waals surface area contributed by atoms with Gasteiger partial charge >= 0.3 is 0 Å². The zero-order chi connectivity index (χ0) is 14.9. The molecule has 0 saturated carbocycles. The van der Waals surface area contributed by atoms with Crippen molar-refractivity contribution in [2.45, 2.75) is 18.4 Å². The van der Waals surface area contributed by atoms with E-state index in [0.29, 0.717) is 16.4 Å². The van der Waals surface area contributed by atoms with Crippen molar-refractivity contribution in [1.82, 2.24) is 14.3 Å². The van der Waals surface area contributed by atoms with E-state index in [1.807, 2.05) is 0 Å². The third kappa shape index (κ3) is 2.79. The number of imidazole rings is 1. The Kier molecular flexibility index (Phi) is 4.03. The highest BCUT2D eigenvalue weighted by Crippen LogP contribution is 2.28. The molecular weight excluding hydrogens is 300 g/mol. The first-order valence-electron chi connectivity index (χ1n) is 5.82. The molecule has 0 aliphatic rings. The zero-order valence-corrected chi connectivity index (χ0v) is 12.7. The summed E-state index contributed by atoms with van der Waals surface area (Å²) in [5, 5.41) is 0.373. The molecule has 6 nitrogen and oxygen atoms in total. The average Bonchev–Trinajstić information content (AvgIpc) is 2.88. The first kappa shape index (κ1) is 14.8. The Morgan fingerprint density at radius 2 is 2.15 bits per heavy atom. The summed E-state index contributed by atoms with van der Waals surface area (Å²) in [6.45, 7) is 1.86. The van der Waals surface area contributed by atoms with Gasteiger partial charge in [-0.2, -0.15) is 4.31 Å². The van der Waals surface area contributed by atoms with Gasteiger partial charge < -0.3 is 10.7 Å². The highest BCUT2D eigenvalue weighted by Gasteiger charge is 2.23. The topological polar surface area (TPSA) is 92.1 Å². The molecule has 2 aromatic rings. The quantitative estimate of drug-likeness (QED) is 0.841. The Morgan fingerprint density at radius 1 is 1.45 bits per heavy atom. The maximum Gasteiger partial charge on any atom is 0.243 e. The summed E-state index contributed by atoms with van der Waals surface area (Å²) in [7, 11) is -2.16. The third-order valence-electron chi connectivity index (χ3n) is 2.89. The highest BCUT2D eigenvalue weighted by molar-refractivity contribution is 7.89. The Labute approximate surface area is 122 Å². The molecule has 8 heteroatoms. The van der Waals surface area contributed by atoms with Crippen LogP contribution in [-0.4, -0.2) is 29.7 Å². The summed E-state index contributed by atoms with van der Waals surface area (Å²) in [5.74, 6) is 0.565. The number of nitrogens with two attached hydrogens (primary N) is 1. The molecule has 0 saturated heterocycles. The van der Waals surface area contributed by atoms with Crippen LogP contribution in [0.25, 0.3) is 0 Å². The molecule has 0 aliphatic heterocycles. The van der Waals surface area contributed by atoms with Crippen molar-refractivity contribution >= 4 is 27.3 Å². The van der Waals surface area contributed by atoms with E-state index in [-0.39, 0.29) is 17.1 Å². The molecule has 0 atom stereocenters. The summed E-state index contributed by atoms with van der Waals surface area (Å²) in [5.41, 5.74) is 6.59. The number of rotatable bonds is 4. The predicted molar refractivity (Wildman–Crippen MR) is 77.8 cm³/mol. The first-order valence-corrected chi connectivity index (χ1v) is 7.64. The van der Waals surface area contributed by atoms with Crippen LogP contribution in [0.1, 0.15) is 11.4 Å². The van der Waals surface area contributed by atoms with Gasteiger partial charge in [0.25, 0.3) is 0 Å². The van der Waals surface area contributed by atoms with E-state index in [1.165, 1.54) is 23.5 Å². The van der Waals surface area contributed by atoms with Gasteiger partial charge in [0.2, 0.25) is 10.0 Å². The van der Waals surface area contributed by atoms with Crippen molar-refractivity contribution in [3.8, 4) is 0 Å². The van der Waals surface area contributed by atoms with Gasteiger partial charge in [0.05, 0.1) is 22.2 Å². The molecule has 0 aliphatic carbocycles. The normalized spacial score (nSPS) is 12.0. The summed E-state index contributed by atoms with van der Waals surface area (Å²) in [6, 6.07) is 2.87. The lowest BCUT2D eigenvalue weighted by Gasteiger charge is -2.17. The predicted octanol–water partition coefficient (Wildman–Crippen LogP) is 1.77. The minimum Gasteiger partial charge on any atom is -0.397 e. The van der Waals surface area contributed by atoms with Gasteiger partial charge in [-0.3, -0.25) is 0 Å². The molecule has 0 bridgehead atoms. The van der Waals surface area contributed by atoms with Crippen molar-refractivity contribution in [2.24, 2.45) is 0 Å². The number of sulfonamides is 1. The SMILES string of the molecule is Cc1cc(S(=O)(=O)N(C)Cc2ncc[nH]2)cc(N)c1Cl. The number of benzene rings is 1. The van der Waals surface area contributed by atoms with E-state index in [4.69, 9.17) is 17.3 Å². The summed E-state index contributed by atoms with van der Waals surface area (Å²) < 4.78 is 26.1. The van der Waals surface area contributed by atoms with Crippen LogP contribution in [0.15, 0.2) is 29.4 Å². The maximum absolute atomic E-state index is 12.5. The van der Waals surface area contributed by atoms with Crippen LogP contribution in [-0.2, 0) is 16.6 Å². The fourth-order valence-corrected chi connectivity index (χ4v) is 3.13. The fourth-order valence-electron chi connectivity index (χ4n) is 1.77. The minimum atomic E-state index is -3.64. The Morgan fingerprint density at radius 3 is 2.70 bits per heavy atom. The molecule has 0 fully saturated rings. The molecule has 0 amide bonds. The molecule has 108 valence electrons. The second kappa shape index (κ2) is 5.43. The second-order valence-electron chi connectivity index (χ2n) is 4.44. The van der Waals surface area contributed by atoms with E-state index in [0.717, 1.165) is 0 Å². The van der Waals surface area contributed by atoms with Crippen molar-refractivity contribution in [3.63, 3.8) is 0 Å². The lowest BCUT2D eigenvalue weighted by molar-refractivity contribution is 0.458. The summed E-state index contributed by atoms with van der Waals surface area (Å²) >= 11 is 5.95. The molecule has 2 rings (SSSR count). The van der Waals surface area contributed by atoms with Crippen molar-refractivity contribution < 1.29 is 8.42 Å². The molecule has 1 aromatic carbocycles. The Hall–Kier alpha value is -1.57. The number of aromatic nitrogens is 2. The van der Waals surface area contributed by atoms with E-state index in [2.05, 4.69) is 9.97 Å². The number of halogens is 1. The molecule has 0 unspecified atom stereocenters. The Bertz CT molecular complexity index is 690. The average molecular weight is 315 g/mol. The van der Waals surface area contributed by atoms with Crippen molar-refractivity contribution in [1.29, 1.82) is 0 Å². The van der Waals surface area contributed by atoms with Crippen LogP contribution in [0.5, 0.6) is 0 Å². The molecule has 0 radical (unpaired) electrons. The number of hydrogen-bond donors (Lipinski definition) is 2. The van der Waals surface area contributed by atoms with E-state index in [1.54, 1.807) is 19.3 Å². The monoisotopic (exact) mass is 314 g/mol. The van der Waals surface area contributed by atoms with Crippen LogP contribution in [0.4, 0.5) is 5.69 Å². The van der Waals surface area contributed by atoms with Gasteiger partial charge in [-0.15, -0.1) is 0 Å². The first-order chi connectivity index (χ1) is 9.32. The number of nitrogens with zero attached hydrogens (tertiary/aromatic N) is 2. The smallest absolute Gasteiger partial charge is 0.243 e.